The normalized spacial score (nSPS) is 19.6. The molecule has 2 aliphatic rings. The van der Waals surface area contributed by atoms with Crippen LogP contribution in [-0.4, -0.2) is 53.8 Å². The zero-order valence-electron chi connectivity index (χ0n) is 23.6. The van der Waals surface area contributed by atoms with E-state index in [1.807, 2.05) is 30.3 Å². The average molecular weight is 600 g/mol. The molecule has 8 nitrogen and oxygen atoms in total. The minimum absolute atomic E-state index is 0.0279. The topological polar surface area (TPSA) is 87.8 Å². The molecule has 0 bridgehead atoms. The van der Waals surface area contributed by atoms with Crippen molar-refractivity contribution in [2.24, 2.45) is 0 Å². The van der Waals surface area contributed by atoms with E-state index in [-0.39, 0.29) is 22.5 Å². The van der Waals surface area contributed by atoms with Crippen LogP contribution in [0.1, 0.15) is 72.2 Å². The molecule has 1 fully saturated rings. The number of ether oxygens (including phenoxy) is 2. The van der Waals surface area contributed by atoms with Crippen LogP contribution in [0.5, 0.6) is 5.88 Å². The molecule has 42 heavy (non-hydrogen) atoms. The van der Waals surface area contributed by atoms with Gasteiger partial charge in [0.2, 0.25) is 10.7 Å². The van der Waals surface area contributed by atoms with E-state index in [2.05, 4.69) is 34.2 Å². The third-order valence-corrected chi connectivity index (χ3v) is 9.78. The van der Waals surface area contributed by atoms with Gasteiger partial charge in [0.1, 0.15) is 11.4 Å². The van der Waals surface area contributed by atoms with Crippen molar-refractivity contribution < 1.29 is 27.2 Å². The summed E-state index contributed by atoms with van der Waals surface area (Å²) in [6.07, 6.45) is 1.95. The van der Waals surface area contributed by atoms with Crippen molar-refractivity contribution in [3.8, 4) is 5.88 Å². The molecule has 4 aromatic rings. The second kappa shape index (κ2) is 11.5. The highest BCUT2D eigenvalue weighted by molar-refractivity contribution is 7.89. The number of nitrogens with zero attached hydrogens (tertiary/aromatic N) is 5. The SMILES string of the molecule is CCC(c1ccc(C)c(CN2CC3(CCOCC3)Oc3ncc(F)cc3[S+]2[O-])c1)c1ccn2c(C(F)F)nnc2c1C. The van der Waals surface area contributed by atoms with Crippen LogP contribution < -0.4 is 4.74 Å². The van der Waals surface area contributed by atoms with Gasteiger partial charge < -0.3 is 14.0 Å². The molecular formula is C30H32F3N5O3S. The fourth-order valence-corrected chi connectivity index (χ4v) is 7.37. The van der Waals surface area contributed by atoms with Gasteiger partial charge in [-0.2, -0.15) is 0 Å². The molecule has 5 heterocycles. The maximum absolute atomic E-state index is 14.2. The summed E-state index contributed by atoms with van der Waals surface area (Å²) in [5.41, 5.74) is 4.60. The largest absolute Gasteiger partial charge is 0.593 e. The minimum Gasteiger partial charge on any atom is -0.593 e. The molecule has 1 spiro atoms. The number of fused-ring (bicyclic) bond motifs is 2. The highest BCUT2D eigenvalue weighted by Crippen LogP contribution is 2.39. The van der Waals surface area contributed by atoms with Gasteiger partial charge in [0, 0.05) is 31.0 Å². The van der Waals surface area contributed by atoms with Gasteiger partial charge in [0.05, 0.1) is 43.9 Å². The summed E-state index contributed by atoms with van der Waals surface area (Å²) < 4.78 is 70.1. The monoisotopic (exact) mass is 599 g/mol. The third-order valence-electron chi connectivity index (χ3n) is 8.38. The standard InChI is InChI=1S/C30H32F3N5O3S/c1-4-23(24-7-10-38-27(19(24)3)35-36-28(38)26(32)33)20-6-5-18(2)21(13-20)16-37-17-30(8-11-40-12-9-30)41-29-25(42(37)39)14-22(31)15-34-29/h5-7,10,13-15,23,26H,4,8-9,11-12,16-17H2,1-3H3. The van der Waals surface area contributed by atoms with Gasteiger partial charge in [-0.3, -0.25) is 4.40 Å². The highest BCUT2D eigenvalue weighted by Gasteiger charge is 2.46. The van der Waals surface area contributed by atoms with Gasteiger partial charge in [-0.25, -0.2) is 18.2 Å². The average Bonchev–Trinajstić information content (AvgIpc) is 3.38. The second-order valence-electron chi connectivity index (χ2n) is 11.0. The molecular weight excluding hydrogens is 567 g/mol. The zero-order valence-corrected chi connectivity index (χ0v) is 24.5. The van der Waals surface area contributed by atoms with Gasteiger partial charge in [0.15, 0.2) is 5.65 Å². The van der Waals surface area contributed by atoms with E-state index >= 15 is 0 Å². The molecule has 1 saturated heterocycles. The molecule has 2 atom stereocenters. The molecule has 2 aliphatic heterocycles. The van der Waals surface area contributed by atoms with Gasteiger partial charge in [-0.05, 0) is 54.2 Å². The van der Waals surface area contributed by atoms with Gasteiger partial charge in [-0.15, -0.1) is 14.5 Å². The molecule has 0 radical (unpaired) electrons. The van der Waals surface area contributed by atoms with Crippen molar-refractivity contribution in [1.82, 2.24) is 23.9 Å². The lowest BCUT2D eigenvalue weighted by atomic mass is 9.85. The Morgan fingerprint density at radius 2 is 1.90 bits per heavy atom. The number of aryl methyl sites for hydroxylation is 2. The summed E-state index contributed by atoms with van der Waals surface area (Å²) in [6, 6.07) is 9.33. The van der Waals surface area contributed by atoms with Crippen LogP contribution in [0.3, 0.4) is 0 Å². The Balaban J connectivity index is 1.35. The van der Waals surface area contributed by atoms with Crippen molar-refractivity contribution in [3.05, 3.63) is 82.2 Å². The summed E-state index contributed by atoms with van der Waals surface area (Å²) in [5.74, 6) is -0.776. The molecule has 12 heteroatoms. The second-order valence-corrected chi connectivity index (χ2v) is 12.5. The summed E-state index contributed by atoms with van der Waals surface area (Å²) >= 11 is -1.71. The maximum Gasteiger partial charge on any atom is 0.297 e. The van der Waals surface area contributed by atoms with E-state index in [0.717, 1.165) is 40.4 Å². The molecule has 0 N–H and O–H groups in total. The zero-order chi connectivity index (χ0) is 29.6. The number of hydrogen-bond acceptors (Lipinski definition) is 7. The first-order valence-corrected chi connectivity index (χ1v) is 15.1. The fourth-order valence-electron chi connectivity index (χ4n) is 6.03. The molecule has 2 unspecified atom stereocenters. The van der Waals surface area contributed by atoms with E-state index < -0.39 is 29.2 Å². The minimum atomic E-state index is -2.72. The van der Waals surface area contributed by atoms with E-state index in [0.29, 0.717) is 44.8 Å². The van der Waals surface area contributed by atoms with Crippen LogP contribution in [0.4, 0.5) is 13.2 Å². The lowest BCUT2D eigenvalue weighted by Gasteiger charge is -2.37. The first-order chi connectivity index (χ1) is 20.2. The smallest absolute Gasteiger partial charge is 0.297 e. The number of benzene rings is 1. The summed E-state index contributed by atoms with van der Waals surface area (Å²) in [5, 5.41) is 7.74. The van der Waals surface area contributed by atoms with E-state index in [1.54, 1.807) is 6.20 Å². The summed E-state index contributed by atoms with van der Waals surface area (Å²) in [7, 11) is 0. The molecule has 0 saturated carbocycles. The Hall–Kier alpha value is -3.19. The molecule has 1 aromatic carbocycles. The van der Waals surface area contributed by atoms with Crippen molar-refractivity contribution in [2.75, 3.05) is 19.8 Å². The number of pyridine rings is 2. The number of aromatic nitrogens is 4. The molecule has 6 rings (SSSR count). The lowest BCUT2D eigenvalue weighted by molar-refractivity contribution is -0.0554. The quantitative estimate of drug-likeness (QED) is 0.258. The van der Waals surface area contributed by atoms with E-state index in [9.17, 15) is 17.7 Å². The summed E-state index contributed by atoms with van der Waals surface area (Å²) in [4.78, 5) is 4.37. The van der Waals surface area contributed by atoms with E-state index in [4.69, 9.17) is 9.47 Å². The van der Waals surface area contributed by atoms with Crippen molar-refractivity contribution >= 4 is 17.0 Å². The fraction of sp³-hybridized carbons (Fsp3) is 0.433. The van der Waals surface area contributed by atoms with Gasteiger partial charge >= 0.3 is 0 Å². The Labute approximate surface area is 245 Å². The maximum atomic E-state index is 14.2. The lowest BCUT2D eigenvalue weighted by Crippen LogP contribution is -2.50. The van der Waals surface area contributed by atoms with Crippen molar-refractivity contribution in [1.29, 1.82) is 0 Å². The molecule has 3 aromatic heterocycles. The van der Waals surface area contributed by atoms with Crippen molar-refractivity contribution in [2.45, 2.75) is 69.4 Å². The van der Waals surface area contributed by atoms with Crippen LogP contribution in [-0.2, 0) is 22.6 Å². The van der Waals surface area contributed by atoms with Crippen LogP contribution >= 0.6 is 0 Å². The Kier molecular flexibility index (Phi) is 7.90. The Morgan fingerprint density at radius 3 is 2.64 bits per heavy atom. The first kappa shape index (κ1) is 28.9. The van der Waals surface area contributed by atoms with Gasteiger partial charge in [0.25, 0.3) is 12.3 Å². The van der Waals surface area contributed by atoms with Crippen LogP contribution in [0, 0.1) is 19.7 Å². The van der Waals surface area contributed by atoms with Crippen LogP contribution in [0.15, 0.2) is 47.6 Å². The summed E-state index contributed by atoms with van der Waals surface area (Å²) in [6.45, 7) is 7.72. The highest BCUT2D eigenvalue weighted by atomic mass is 32.2. The van der Waals surface area contributed by atoms with Crippen molar-refractivity contribution in [3.63, 3.8) is 0 Å². The predicted molar refractivity (Wildman–Crippen MR) is 150 cm³/mol. The molecule has 0 amide bonds. The first-order valence-electron chi connectivity index (χ1n) is 14.0. The Bertz CT molecular complexity index is 1610. The van der Waals surface area contributed by atoms with Gasteiger partial charge in [-0.1, -0.05) is 25.1 Å². The molecule has 222 valence electrons. The number of rotatable bonds is 6. The molecule has 0 aliphatic carbocycles. The number of hydrogen-bond donors (Lipinski definition) is 0. The van der Waals surface area contributed by atoms with E-state index in [1.165, 1.54) is 10.5 Å². The third kappa shape index (κ3) is 5.25. The van der Waals surface area contributed by atoms with Crippen LogP contribution in [0.25, 0.3) is 5.65 Å². The predicted octanol–water partition coefficient (Wildman–Crippen LogP) is 5.83. The van der Waals surface area contributed by atoms with Crippen LogP contribution in [0.2, 0.25) is 0 Å². The number of halogens is 3. The Morgan fingerprint density at radius 1 is 1.12 bits per heavy atom. The number of alkyl halides is 2.